The lowest BCUT2D eigenvalue weighted by Crippen LogP contribution is -2.39. The van der Waals surface area contributed by atoms with E-state index >= 15 is 0 Å². The Morgan fingerprint density at radius 1 is 1.22 bits per heavy atom. The van der Waals surface area contributed by atoms with Crippen LogP contribution in [0.5, 0.6) is 5.75 Å². The van der Waals surface area contributed by atoms with Gasteiger partial charge in [0.05, 0.1) is 19.4 Å². The van der Waals surface area contributed by atoms with Gasteiger partial charge < -0.3 is 15.0 Å². The molecule has 1 aromatic rings. The smallest absolute Gasteiger partial charge is 0.243 e. The van der Waals surface area contributed by atoms with Gasteiger partial charge in [-0.25, -0.2) is 0 Å². The molecule has 5 nitrogen and oxygen atoms in total. The third-order valence-electron chi connectivity index (χ3n) is 3.07. The summed E-state index contributed by atoms with van der Waals surface area (Å²) in [7, 11) is 1.59. The summed E-state index contributed by atoms with van der Waals surface area (Å²) in [4.78, 5) is 25.9. The minimum atomic E-state index is -0.203. The van der Waals surface area contributed by atoms with Crippen molar-refractivity contribution < 1.29 is 14.3 Å². The number of methoxy groups -OCH3 is 1. The van der Waals surface area contributed by atoms with Crippen LogP contribution in [0, 0.1) is 0 Å². The molecule has 1 N–H and O–H groups in total. The monoisotopic (exact) mass is 338 g/mol. The molecule has 0 aliphatic carbocycles. The van der Waals surface area contributed by atoms with Crippen molar-refractivity contribution in [2.45, 2.75) is 32.4 Å². The zero-order valence-corrected chi connectivity index (χ0v) is 15.3. The second-order valence-electron chi connectivity index (χ2n) is 6.09. The van der Waals surface area contributed by atoms with Crippen molar-refractivity contribution in [2.24, 2.45) is 0 Å². The van der Waals surface area contributed by atoms with E-state index in [1.165, 1.54) is 0 Å². The van der Waals surface area contributed by atoms with Crippen LogP contribution in [-0.2, 0) is 9.59 Å². The molecule has 0 atom stereocenters. The molecule has 0 unspecified atom stereocenters. The van der Waals surface area contributed by atoms with E-state index in [-0.39, 0.29) is 23.1 Å². The molecule has 0 bridgehead atoms. The highest BCUT2D eigenvalue weighted by atomic mass is 32.2. The maximum Gasteiger partial charge on any atom is 0.243 e. The summed E-state index contributed by atoms with van der Waals surface area (Å²) in [6.45, 7) is 8.65. The molecule has 0 spiro atoms. The van der Waals surface area contributed by atoms with E-state index in [0.717, 1.165) is 5.75 Å². The van der Waals surface area contributed by atoms with Crippen LogP contribution >= 0.6 is 11.8 Å². The Morgan fingerprint density at radius 2 is 1.83 bits per heavy atom. The lowest BCUT2D eigenvalue weighted by Gasteiger charge is -2.23. The Hall–Kier alpha value is -1.69. The first-order valence-electron chi connectivity index (χ1n) is 7.61. The Kier molecular flexibility index (Phi) is 7.42. The fourth-order valence-electron chi connectivity index (χ4n) is 1.79. The van der Waals surface area contributed by atoms with Gasteiger partial charge in [-0.05, 0) is 31.2 Å². The quantitative estimate of drug-likeness (QED) is 0.830. The summed E-state index contributed by atoms with van der Waals surface area (Å²) in [6.07, 6.45) is 0. The van der Waals surface area contributed by atoms with Crippen molar-refractivity contribution in [3.05, 3.63) is 24.3 Å². The maximum absolute atomic E-state index is 12.2. The van der Waals surface area contributed by atoms with Crippen LogP contribution in [-0.4, -0.2) is 47.4 Å². The van der Waals surface area contributed by atoms with Gasteiger partial charge in [0.2, 0.25) is 11.8 Å². The zero-order chi connectivity index (χ0) is 17.5. The number of amides is 2. The van der Waals surface area contributed by atoms with Gasteiger partial charge >= 0.3 is 0 Å². The minimum Gasteiger partial charge on any atom is -0.497 e. The maximum atomic E-state index is 12.2. The number of ether oxygens (including phenoxy) is 1. The molecule has 0 fully saturated rings. The molecule has 0 radical (unpaired) electrons. The Balaban J connectivity index is 2.53. The molecule has 0 aliphatic rings. The molecule has 0 aromatic heterocycles. The van der Waals surface area contributed by atoms with E-state index in [9.17, 15) is 9.59 Å². The van der Waals surface area contributed by atoms with Gasteiger partial charge in [0.15, 0.2) is 0 Å². The Labute approximate surface area is 142 Å². The highest BCUT2D eigenvalue weighted by molar-refractivity contribution is 8.01. The average molecular weight is 338 g/mol. The van der Waals surface area contributed by atoms with Crippen molar-refractivity contribution >= 4 is 29.3 Å². The summed E-state index contributed by atoms with van der Waals surface area (Å²) in [5, 5.41) is 2.79. The number of hydrogen-bond acceptors (Lipinski definition) is 4. The van der Waals surface area contributed by atoms with Crippen LogP contribution in [0.4, 0.5) is 5.69 Å². The van der Waals surface area contributed by atoms with Crippen molar-refractivity contribution in [2.75, 3.05) is 31.3 Å². The predicted octanol–water partition coefficient (Wildman–Crippen LogP) is 3.01. The third kappa shape index (κ3) is 7.41. The van der Waals surface area contributed by atoms with Crippen LogP contribution in [0.3, 0.4) is 0 Å². The molecule has 23 heavy (non-hydrogen) atoms. The zero-order valence-electron chi connectivity index (χ0n) is 14.5. The predicted molar refractivity (Wildman–Crippen MR) is 96.1 cm³/mol. The molecule has 0 saturated heterocycles. The number of carbonyl (C=O) groups excluding carboxylic acids is 2. The summed E-state index contributed by atoms with van der Waals surface area (Å²) in [5.74, 6) is 0.892. The number of nitrogens with one attached hydrogen (secondary N) is 1. The Bertz CT molecular complexity index is 524. The first-order chi connectivity index (χ1) is 10.7. The van der Waals surface area contributed by atoms with Crippen LogP contribution in [0.25, 0.3) is 0 Å². The molecule has 128 valence electrons. The van der Waals surface area contributed by atoms with E-state index < -0.39 is 0 Å². The molecule has 0 aliphatic heterocycles. The molecular formula is C17H26N2O3S. The van der Waals surface area contributed by atoms with E-state index in [0.29, 0.717) is 18.0 Å². The lowest BCUT2D eigenvalue weighted by molar-refractivity contribution is -0.132. The van der Waals surface area contributed by atoms with Gasteiger partial charge in [0.25, 0.3) is 0 Å². The SMILES string of the molecule is CCN(CC(=O)Nc1ccc(OC)cc1)C(=O)CSC(C)(C)C. The first-order valence-corrected chi connectivity index (χ1v) is 8.59. The van der Waals surface area contributed by atoms with Crippen molar-refractivity contribution in [3.63, 3.8) is 0 Å². The summed E-state index contributed by atoms with van der Waals surface area (Å²) in [5.41, 5.74) is 0.684. The fraction of sp³-hybridized carbons (Fsp3) is 0.529. The molecule has 6 heteroatoms. The van der Waals surface area contributed by atoms with Gasteiger partial charge in [-0.1, -0.05) is 20.8 Å². The first kappa shape index (κ1) is 19.4. The number of hydrogen-bond donors (Lipinski definition) is 1. The second-order valence-corrected chi connectivity index (χ2v) is 7.89. The van der Waals surface area contributed by atoms with Crippen molar-refractivity contribution in [3.8, 4) is 5.75 Å². The van der Waals surface area contributed by atoms with Crippen LogP contribution in [0.1, 0.15) is 27.7 Å². The lowest BCUT2D eigenvalue weighted by atomic mass is 10.3. The summed E-state index contributed by atoms with van der Waals surface area (Å²) in [6, 6.07) is 7.09. The minimum absolute atomic E-state index is 0.0164. The normalized spacial score (nSPS) is 11.0. The largest absolute Gasteiger partial charge is 0.497 e. The van der Waals surface area contributed by atoms with Gasteiger partial charge in [0, 0.05) is 17.0 Å². The topological polar surface area (TPSA) is 58.6 Å². The van der Waals surface area contributed by atoms with Gasteiger partial charge in [-0.15, -0.1) is 11.8 Å². The Morgan fingerprint density at radius 3 is 2.30 bits per heavy atom. The third-order valence-corrected chi connectivity index (χ3v) is 4.33. The molecule has 2 amide bonds. The van der Waals surface area contributed by atoms with Gasteiger partial charge in [-0.2, -0.15) is 0 Å². The van der Waals surface area contributed by atoms with Crippen molar-refractivity contribution in [1.29, 1.82) is 0 Å². The number of carbonyl (C=O) groups is 2. The summed E-state index contributed by atoms with van der Waals surface area (Å²) >= 11 is 1.58. The molecule has 1 rings (SSSR count). The highest BCUT2D eigenvalue weighted by Crippen LogP contribution is 2.23. The number of benzene rings is 1. The standard InChI is InChI=1S/C17H26N2O3S/c1-6-19(16(21)12-23-17(2,3)4)11-15(20)18-13-7-9-14(22-5)10-8-13/h7-10H,6,11-12H2,1-5H3,(H,18,20). The number of anilines is 1. The van der Waals surface area contributed by atoms with Gasteiger partial charge in [-0.3, -0.25) is 9.59 Å². The van der Waals surface area contributed by atoms with E-state index in [1.807, 2.05) is 6.92 Å². The van der Waals surface area contributed by atoms with Crippen molar-refractivity contribution in [1.82, 2.24) is 4.90 Å². The molecule has 0 heterocycles. The molecule has 0 saturated carbocycles. The van der Waals surface area contributed by atoms with Gasteiger partial charge in [0.1, 0.15) is 5.75 Å². The van der Waals surface area contributed by atoms with Crippen LogP contribution in [0.15, 0.2) is 24.3 Å². The number of likely N-dealkylation sites (N-methyl/N-ethyl adjacent to an activating group) is 1. The molecule has 1 aromatic carbocycles. The average Bonchev–Trinajstić information content (AvgIpc) is 2.50. The second kappa shape index (κ2) is 8.82. The van der Waals surface area contributed by atoms with Crippen LogP contribution in [0.2, 0.25) is 0 Å². The fourth-order valence-corrected chi connectivity index (χ4v) is 2.53. The number of nitrogens with zero attached hydrogens (tertiary/aromatic N) is 1. The van der Waals surface area contributed by atoms with E-state index in [1.54, 1.807) is 48.0 Å². The number of rotatable bonds is 7. The van der Waals surface area contributed by atoms with Crippen LogP contribution < -0.4 is 10.1 Å². The highest BCUT2D eigenvalue weighted by Gasteiger charge is 2.19. The summed E-state index contributed by atoms with van der Waals surface area (Å²) < 4.78 is 5.10. The molecular weight excluding hydrogens is 312 g/mol. The van der Waals surface area contributed by atoms with E-state index in [2.05, 4.69) is 26.1 Å². The number of thioether (sulfide) groups is 1. The van der Waals surface area contributed by atoms with E-state index in [4.69, 9.17) is 4.74 Å².